The third-order valence-electron chi connectivity index (χ3n) is 21.3. The largest absolute Gasteiger partial charge is 0.508 e. The highest BCUT2D eigenvalue weighted by Gasteiger charge is 2.38. The highest BCUT2D eigenvalue weighted by Crippen LogP contribution is 2.51. The van der Waals surface area contributed by atoms with Gasteiger partial charge in [0.1, 0.15) is 5.75 Å². The van der Waals surface area contributed by atoms with Crippen molar-refractivity contribution in [2.45, 2.75) is 197 Å². The van der Waals surface area contributed by atoms with Crippen LogP contribution in [0.2, 0.25) is 0 Å². The minimum absolute atomic E-state index is 0.0999. The summed E-state index contributed by atoms with van der Waals surface area (Å²) in [4.78, 5) is 19.4. The van der Waals surface area contributed by atoms with E-state index in [0.29, 0.717) is 11.7 Å². The second kappa shape index (κ2) is 26.6. The minimum Gasteiger partial charge on any atom is -0.508 e. The van der Waals surface area contributed by atoms with Crippen molar-refractivity contribution in [3.05, 3.63) is 267 Å². The number of nitrogens with zero attached hydrogens (tertiary/aromatic N) is 4. The third kappa shape index (κ3) is 13.6. The predicted octanol–water partition coefficient (Wildman–Crippen LogP) is 25.3. The molecule has 6 nitrogen and oxygen atoms in total. The number of hydrogen-bond acceptors (Lipinski definition) is 4. The number of aromatic nitrogens is 1. The molecule has 18 rings (SSSR count). The molecule has 1 unspecified atom stereocenters. The highest BCUT2D eigenvalue weighted by molar-refractivity contribution is 9.10. The molecule has 0 saturated heterocycles. The summed E-state index contributed by atoms with van der Waals surface area (Å²) < 4.78 is 3.67. The van der Waals surface area contributed by atoms with Crippen LogP contribution in [0.1, 0.15) is 185 Å². The molecule has 2 aliphatic carbocycles. The van der Waals surface area contributed by atoms with Gasteiger partial charge in [-0.2, -0.15) is 0 Å². The second-order valence-electron chi connectivity index (χ2n) is 34.7. The Morgan fingerprint density at radius 2 is 0.861 bits per heavy atom. The van der Waals surface area contributed by atoms with Crippen LogP contribution in [0.15, 0.2) is 217 Å². The van der Waals surface area contributed by atoms with Gasteiger partial charge in [0.25, 0.3) is 5.91 Å². The van der Waals surface area contributed by atoms with Gasteiger partial charge in [-0.25, -0.2) is 0 Å². The number of halogens is 1. The molecule has 101 heavy (non-hydrogen) atoms. The number of aromatic hydroxyl groups is 1. The maximum atomic E-state index is 12.5. The number of fused-ring (bicyclic) bond motifs is 3. The van der Waals surface area contributed by atoms with Gasteiger partial charge >= 0.3 is 0 Å². The predicted molar refractivity (Wildman–Crippen MR) is 437 cm³/mol. The SMILES string of the molecule is CC(C)(C)C1Cc2cccc3ccc(O)c1c23.CC(C)(C)N1C(=O)c2cccc3cccc1c23.CC(C)(C)N1Cc2cccc3cccc(c23)C1.CC(C)(C)N1Cc2cccc3cccc1c23.CC(C)(C)c1ccc2c3c(ccc(Br)c13)CC2.CC(C)(C)n1c2ccccc2c2ccccc21. The van der Waals surface area contributed by atoms with Crippen molar-refractivity contribution in [2.75, 3.05) is 9.80 Å². The lowest BCUT2D eigenvalue weighted by Gasteiger charge is -2.39. The van der Waals surface area contributed by atoms with E-state index in [1.54, 1.807) is 0 Å². The molecule has 1 N–H and O–H groups in total. The van der Waals surface area contributed by atoms with Crippen molar-refractivity contribution < 1.29 is 9.90 Å². The molecule has 0 spiro atoms. The van der Waals surface area contributed by atoms with Crippen LogP contribution in [0.4, 0.5) is 11.4 Å². The van der Waals surface area contributed by atoms with Gasteiger partial charge in [0.2, 0.25) is 0 Å². The molecule has 0 radical (unpaired) electrons. The Balaban J connectivity index is 0.000000108. The third-order valence-corrected chi connectivity index (χ3v) is 22.0. The normalized spacial score (nSPS) is 15.3. The molecule has 518 valence electrons. The number of carbonyl (C=O) groups excluding carboxylic acids is 1. The van der Waals surface area contributed by atoms with Gasteiger partial charge in [-0.1, -0.05) is 227 Å². The lowest BCUT2D eigenvalue weighted by molar-refractivity contribution is 0.0973. The fraction of sp³-hybridized carbons (Fsp3) is 0.330. The Morgan fingerprint density at radius 1 is 0.386 bits per heavy atom. The summed E-state index contributed by atoms with van der Waals surface area (Å²) in [5, 5.41) is 26.2. The van der Waals surface area contributed by atoms with Crippen LogP contribution in [-0.2, 0) is 49.9 Å². The minimum atomic E-state index is -0.190. The molecule has 1 aromatic heterocycles. The van der Waals surface area contributed by atoms with E-state index < -0.39 is 0 Å². The van der Waals surface area contributed by atoms with E-state index in [1.807, 2.05) is 41.3 Å². The van der Waals surface area contributed by atoms with Crippen LogP contribution in [-0.4, -0.2) is 37.1 Å². The van der Waals surface area contributed by atoms with Crippen LogP contribution >= 0.6 is 15.9 Å². The van der Waals surface area contributed by atoms with E-state index in [1.165, 1.54) is 127 Å². The van der Waals surface area contributed by atoms with E-state index >= 15 is 0 Å². The van der Waals surface area contributed by atoms with Crippen molar-refractivity contribution in [3.8, 4) is 5.75 Å². The molecule has 4 heterocycles. The van der Waals surface area contributed by atoms with E-state index in [9.17, 15) is 9.90 Å². The molecule has 0 fully saturated rings. The number of aryl methyl sites for hydroxylation is 2. The van der Waals surface area contributed by atoms with Crippen molar-refractivity contribution in [1.82, 2.24) is 9.47 Å². The zero-order valence-corrected chi connectivity index (χ0v) is 64.6. The maximum absolute atomic E-state index is 12.5. The first kappa shape index (κ1) is 70.7. The smallest absolute Gasteiger partial charge is 0.259 e. The number of anilines is 2. The average molecular weight is 1400 g/mol. The molecule has 12 aromatic carbocycles. The number of benzene rings is 12. The Bertz CT molecular complexity index is 5220. The van der Waals surface area contributed by atoms with Crippen molar-refractivity contribution in [2.24, 2.45) is 5.41 Å². The number of rotatable bonds is 0. The number of para-hydroxylation sites is 2. The van der Waals surface area contributed by atoms with Gasteiger partial charge in [0, 0.05) is 101 Å². The molecule has 0 bridgehead atoms. The summed E-state index contributed by atoms with van der Waals surface area (Å²) >= 11 is 3.74. The lowest BCUT2D eigenvalue weighted by Crippen LogP contribution is -2.43. The Hall–Kier alpha value is -8.75. The van der Waals surface area contributed by atoms with Gasteiger partial charge in [-0.3, -0.25) is 9.69 Å². The summed E-state index contributed by atoms with van der Waals surface area (Å²) in [6, 6.07) is 75.3. The first-order valence-electron chi connectivity index (χ1n) is 36.5. The molecule has 5 aliphatic rings. The van der Waals surface area contributed by atoms with E-state index in [2.05, 4.69) is 331 Å². The van der Waals surface area contributed by atoms with Gasteiger partial charge in [0.15, 0.2) is 0 Å². The Kier molecular flexibility index (Phi) is 18.6. The molecule has 7 heteroatoms. The van der Waals surface area contributed by atoms with Gasteiger partial charge in [-0.05, 0) is 238 Å². The first-order chi connectivity index (χ1) is 47.7. The summed E-state index contributed by atoms with van der Waals surface area (Å²) in [7, 11) is 0. The maximum Gasteiger partial charge on any atom is 0.259 e. The highest BCUT2D eigenvalue weighted by atomic mass is 79.9. The molecule has 0 saturated carbocycles. The Labute approximate surface area is 609 Å². The van der Waals surface area contributed by atoms with E-state index in [0.717, 1.165) is 53.6 Å². The van der Waals surface area contributed by atoms with Crippen molar-refractivity contribution >= 4 is 109 Å². The summed E-state index contributed by atoms with van der Waals surface area (Å²) in [6.07, 6.45) is 3.45. The zero-order chi connectivity index (χ0) is 72.0. The average Bonchev–Trinajstić information content (AvgIpc) is 1.08. The van der Waals surface area contributed by atoms with Gasteiger partial charge in [0.05, 0.1) is 5.69 Å². The second-order valence-corrected chi connectivity index (χ2v) is 35.5. The summed E-state index contributed by atoms with van der Waals surface area (Å²) in [5.41, 5.74) is 18.0. The van der Waals surface area contributed by atoms with Crippen molar-refractivity contribution in [3.63, 3.8) is 0 Å². The monoisotopic (exact) mass is 1400 g/mol. The van der Waals surface area contributed by atoms with Crippen LogP contribution in [0.3, 0.4) is 0 Å². The first-order valence-corrected chi connectivity index (χ1v) is 37.3. The molecule has 13 aromatic rings. The number of phenolic OH excluding ortho intramolecular Hbond substituents is 1. The van der Waals surface area contributed by atoms with Crippen LogP contribution in [0, 0.1) is 5.41 Å². The van der Waals surface area contributed by atoms with Crippen LogP contribution in [0.25, 0.3) is 75.7 Å². The van der Waals surface area contributed by atoms with Gasteiger partial charge in [-0.15, -0.1) is 0 Å². The standard InChI is InChI=1S/C16H17Br.C16H19N.C16H17N.C16H18O.C15H15NO.C15H17N/c1-16(2,3)12-8-6-10-4-5-11-7-9-13(17)15(12)14(10)11;1-16(2,3)17-10-13-8-4-6-12-7-5-9-14(11-17)15(12)13;1-16(2,3)17-14-10-6-4-8-12(14)13-9-5-7-11-15(13)17;1-16(2,3)12-9-11-6-4-5-10-7-8-13(17)15(12)14(10)11;1-15(2,3)16-12-9-5-7-10-6-4-8-11(13(10)12)14(16)17;1-15(2,3)16-10-12-8-4-6-11-7-5-9-13(16)14(11)12/h6-9H,4-5H2,1-3H3;4-9H,10-11H2,1-3H3;4-11H,1-3H3;4-8,12,17H,9H2,1-3H3;4-9H,1-3H3;4-9H,10H2,1-3H3. The molecular formula is C94H103BrN4O2. The fourth-order valence-electron chi connectivity index (χ4n) is 16.5. The summed E-state index contributed by atoms with van der Waals surface area (Å²) in [5.74, 6) is 0.996. The number of amides is 1. The fourth-order valence-corrected chi connectivity index (χ4v) is 17.1. The van der Waals surface area contributed by atoms with Gasteiger partial charge < -0.3 is 19.5 Å². The van der Waals surface area contributed by atoms with E-state index in [-0.39, 0.29) is 38.9 Å². The Morgan fingerprint density at radius 3 is 1.38 bits per heavy atom. The number of phenols is 1. The molecule has 1 amide bonds. The molecule has 3 aliphatic heterocycles. The van der Waals surface area contributed by atoms with E-state index in [4.69, 9.17) is 0 Å². The number of hydrogen-bond donors (Lipinski definition) is 1. The van der Waals surface area contributed by atoms with Crippen molar-refractivity contribution in [1.29, 1.82) is 0 Å². The zero-order valence-electron chi connectivity index (χ0n) is 63.0. The van der Waals surface area contributed by atoms with Crippen LogP contribution in [0.5, 0.6) is 5.75 Å². The topological polar surface area (TPSA) is 52.0 Å². The number of carbonyl (C=O) groups is 1. The molecule has 1 atom stereocenters. The lowest BCUT2D eigenvalue weighted by atomic mass is 9.76. The quantitative estimate of drug-likeness (QED) is 0.164. The summed E-state index contributed by atoms with van der Waals surface area (Å²) in [6.45, 7) is 43.5. The molecular weight excluding hydrogens is 1300 g/mol. The van der Waals surface area contributed by atoms with Crippen LogP contribution < -0.4 is 9.80 Å².